The maximum Gasteiger partial charge on any atom is 0.311 e. The van der Waals surface area contributed by atoms with Gasteiger partial charge in [0.1, 0.15) is 0 Å². The number of rotatable bonds is 6. The molecule has 1 saturated heterocycles. The largest absolute Gasteiger partial charge is 0.455 e. The van der Waals surface area contributed by atoms with Crippen molar-refractivity contribution in [2.24, 2.45) is 5.92 Å². The van der Waals surface area contributed by atoms with Gasteiger partial charge in [0.15, 0.2) is 6.61 Å². The van der Waals surface area contributed by atoms with Crippen LogP contribution in [0.1, 0.15) is 16.8 Å². The van der Waals surface area contributed by atoms with Gasteiger partial charge in [-0.2, -0.15) is 0 Å². The number of hydrogen-bond acceptors (Lipinski definition) is 5. The number of nitrogens with one attached hydrogen (secondary N) is 2. The van der Waals surface area contributed by atoms with Gasteiger partial charge in [0.2, 0.25) is 5.91 Å². The van der Waals surface area contributed by atoms with Crippen LogP contribution in [0, 0.1) is 5.92 Å². The summed E-state index contributed by atoms with van der Waals surface area (Å²) in [6.07, 6.45) is -0.135. The van der Waals surface area contributed by atoms with Crippen molar-refractivity contribution in [2.45, 2.75) is 6.42 Å². The quantitative estimate of drug-likeness (QED) is 0.559. The summed E-state index contributed by atoms with van der Waals surface area (Å²) in [5.74, 6) is -3.00. The molecule has 1 aliphatic rings. The van der Waals surface area contributed by atoms with Crippen LogP contribution in [0.25, 0.3) is 0 Å². The van der Waals surface area contributed by atoms with E-state index >= 15 is 0 Å². The lowest BCUT2D eigenvalue weighted by molar-refractivity contribution is -0.151. The van der Waals surface area contributed by atoms with Gasteiger partial charge in [-0.1, -0.05) is 23.2 Å². The Morgan fingerprint density at radius 1 is 1.13 bits per heavy atom. The van der Waals surface area contributed by atoms with Crippen molar-refractivity contribution in [3.63, 3.8) is 0 Å². The molecule has 1 fully saturated rings. The third kappa shape index (κ3) is 6.19. The van der Waals surface area contributed by atoms with E-state index in [0.717, 1.165) is 5.01 Å². The average molecular weight is 529 g/mol. The first-order valence-corrected chi connectivity index (χ1v) is 10.6. The predicted molar refractivity (Wildman–Crippen MR) is 117 cm³/mol. The van der Waals surface area contributed by atoms with Gasteiger partial charge in [-0.05, 0) is 58.4 Å². The zero-order valence-electron chi connectivity index (χ0n) is 15.9. The Bertz CT molecular complexity index is 1030. The van der Waals surface area contributed by atoms with Gasteiger partial charge in [-0.25, -0.2) is 0 Å². The molecule has 0 spiro atoms. The van der Waals surface area contributed by atoms with E-state index in [9.17, 15) is 19.2 Å². The molecule has 1 atom stereocenters. The number of anilines is 1. The minimum Gasteiger partial charge on any atom is -0.455 e. The second-order valence-corrected chi connectivity index (χ2v) is 8.34. The van der Waals surface area contributed by atoms with Crippen molar-refractivity contribution in [1.82, 2.24) is 10.4 Å². The highest BCUT2D eigenvalue weighted by atomic mass is 79.9. The van der Waals surface area contributed by atoms with E-state index in [4.69, 9.17) is 27.9 Å². The van der Waals surface area contributed by atoms with Crippen LogP contribution in [0.4, 0.5) is 5.69 Å². The van der Waals surface area contributed by atoms with Gasteiger partial charge in [0, 0.05) is 27.2 Å². The summed E-state index contributed by atoms with van der Waals surface area (Å²) in [7, 11) is 0. The van der Waals surface area contributed by atoms with Crippen molar-refractivity contribution in [2.75, 3.05) is 18.5 Å². The standard InChI is InChI=1S/C20H16BrCl2N3O5/c21-15-6-5-14(8-16(15)23)24-17(27)10-31-20(30)12-7-18(28)26(9-12)25-19(29)11-1-3-13(22)4-2-11/h1-6,8,12H,7,9-10H2,(H,24,27)(H,25,29)/t12-/m0/s1. The third-order valence-electron chi connectivity index (χ3n) is 4.35. The third-order valence-corrected chi connectivity index (χ3v) is 5.83. The summed E-state index contributed by atoms with van der Waals surface area (Å²) < 4.78 is 5.69. The van der Waals surface area contributed by atoms with E-state index in [-0.39, 0.29) is 13.0 Å². The highest BCUT2D eigenvalue weighted by molar-refractivity contribution is 9.10. The summed E-state index contributed by atoms with van der Waals surface area (Å²) in [5, 5.41) is 4.51. The summed E-state index contributed by atoms with van der Waals surface area (Å²) in [4.78, 5) is 48.6. The van der Waals surface area contributed by atoms with Crippen molar-refractivity contribution < 1.29 is 23.9 Å². The maximum absolute atomic E-state index is 12.2. The van der Waals surface area contributed by atoms with E-state index in [0.29, 0.717) is 25.8 Å². The number of halogens is 3. The van der Waals surface area contributed by atoms with Crippen LogP contribution in [0.5, 0.6) is 0 Å². The molecule has 1 aliphatic heterocycles. The minimum absolute atomic E-state index is 0.0546. The van der Waals surface area contributed by atoms with Crippen LogP contribution in [0.3, 0.4) is 0 Å². The van der Waals surface area contributed by atoms with Gasteiger partial charge >= 0.3 is 5.97 Å². The van der Waals surface area contributed by atoms with Gasteiger partial charge < -0.3 is 10.1 Å². The van der Waals surface area contributed by atoms with Crippen molar-refractivity contribution >= 4 is 68.5 Å². The van der Waals surface area contributed by atoms with Crippen molar-refractivity contribution in [1.29, 1.82) is 0 Å². The van der Waals surface area contributed by atoms with Crippen LogP contribution in [-0.2, 0) is 19.1 Å². The maximum atomic E-state index is 12.2. The fraction of sp³-hybridized carbons (Fsp3) is 0.200. The molecule has 2 N–H and O–H groups in total. The second kappa shape index (κ2) is 10.1. The number of carbonyl (C=O) groups is 4. The monoisotopic (exact) mass is 527 g/mol. The number of esters is 1. The zero-order chi connectivity index (χ0) is 22.5. The first-order chi connectivity index (χ1) is 14.7. The van der Waals surface area contributed by atoms with E-state index < -0.39 is 36.2 Å². The van der Waals surface area contributed by atoms with Crippen LogP contribution >= 0.6 is 39.1 Å². The molecule has 1 heterocycles. The number of amides is 3. The SMILES string of the molecule is O=C(COC(=O)[C@H]1CC(=O)N(NC(=O)c2ccc(Cl)cc2)C1)Nc1ccc(Br)c(Cl)c1. The van der Waals surface area contributed by atoms with Crippen molar-refractivity contribution in [3.8, 4) is 0 Å². The van der Waals surface area contributed by atoms with E-state index in [1.807, 2.05) is 0 Å². The molecule has 11 heteroatoms. The number of ether oxygens (including phenoxy) is 1. The molecule has 3 rings (SSSR count). The van der Waals surface area contributed by atoms with Gasteiger partial charge in [-0.3, -0.25) is 29.6 Å². The fourth-order valence-corrected chi connectivity index (χ4v) is 3.34. The Labute approximate surface area is 195 Å². The molecule has 0 bridgehead atoms. The Morgan fingerprint density at radius 2 is 1.84 bits per heavy atom. The molecule has 0 aliphatic carbocycles. The molecule has 0 saturated carbocycles. The highest BCUT2D eigenvalue weighted by Gasteiger charge is 2.36. The number of carbonyl (C=O) groups excluding carboxylic acids is 4. The number of nitrogens with zero attached hydrogens (tertiary/aromatic N) is 1. The van der Waals surface area contributed by atoms with Gasteiger partial charge in [0.05, 0.1) is 17.5 Å². The predicted octanol–water partition coefficient (Wildman–Crippen LogP) is 3.43. The molecule has 0 unspecified atom stereocenters. The van der Waals surface area contributed by atoms with Gasteiger partial charge in [0.25, 0.3) is 11.8 Å². The molecule has 3 amide bonds. The first-order valence-electron chi connectivity index (χ1n) is 9.01. The summed E-state index contributed by atoms with van der Waals surface area (Å²) in [5.41, 5.74) is 3.21. The Kier molecular flexibility index (Phi) is 7.53. The second-order valence-electron chi connectivity index (χ2n) is 6.64. The minimum atomic E-state index is -0.798. The molecule has 162 valence electrons. The molecule has 8 nitrogen and oxygen atoms in total. The molecular weight excluding hydrogens is 513 g/mol. The lowest BCUT2D eigenvalue weighted by Gasteiger charge is -2.17. The molecular formula is C20H16BrCl2N3O5. The first kappa shape index (κ1) is 23.1. The van der Waals surface area contributed by atoms with Gasteiger partial charge in [-0.15, -0.1) is 0 Å². The Hall–Kier alpha value is -2.62. The smallest absolute Gasteiger partial charge is 0.311 e. The normalized spacial score (nSPS) is 15.5. The number of hydrazine groups is 1. The lowest BCUT2D eigenvalue weighted by Crippen LogP contribution is -2.43. The van der Waals surface area contributed by atoms with Crippen LogP contribution < -0.4 is 10.7 Å². The highest BCUT2D eigenvalue weighted by Crippen LogP contribution is 2.25. The topological polar surface area (TPSA) is 105 Å². The molecule has 2 aromatic carbocycles. The van der Waals surface area contributed by atoms with E-state index in [2.05, 4.69) is 26.7 Å². The Morgan fingerprint density at radius 3 is 2.52 bits per heavy atom. The summed E-state index contributed by atoms with van der Waals surface area (Å²) in [6.45, 7) is -0.574. The number of benzene rings is 2. The van der Waals surface area contributed by atoms with E-state index in [1.165, 1.54) is 12.1 Å². The summed E-state index contributed by atoms with van der Waals surface area (Å²) in [6, 6.07) is 11.0. The van der Waals surface area contributed by atoms with Crippen LogP contribution in [0.2, 0.25) is 10.0 Å². The van der Waals surface area contributed by atoms with Crippen LogP contribution in [0.15, 0.2) is 46.9 Å². The molecule has 0 aromatic heterocycles. The number of hydrogen-bond donors (Lipinski definition) is 2. The fourth-order valence-electron chi connectivity index (χ4n) is 2.79. The molecule has 0 radical (unpaired) electrons. The summed E-state index contributed by atoms with van der Waals surface area (Å²) >= 11 is 15.0. The average Bonchev–Trinajstić information content (AvgIpc) is 3.10. The Balaban J connectivity index is 1.48. The molecule has 2 aromatic rings. The zero-order valence-corrected chi connectivity index (χ0v) is 19.0. The van der Waals surface area contributed by atoms with E-state index in [1.54, 1.807) is 30.3 Å². The van der Waals surface area contributed by atoms with Crippen LogP contribution in [-0.4, -0.2) is 41.9 Å². The lowest BCUT2D eigenvalue weighted by atomic mass is 10.1. The van der Waals surface area contributed by atoms with Crippen molar-refractivity contribution in [3.05, 3.63) is 62.5 Å². The molecule has 31 heavy (non-hydrogen) atoms.